The van der Waals surface area contributed by atoms with Crippen molar-refractivity contribution < 1.29 is 14.2 Å². The fourth-order valence-corrected chi connectivity index (χ4v) is 1.85. The topological polar surface area (TPSA) is 29.5 Å². The van der Waals surface area contributed by atoms with Crippen molar-refractivity contribution in [1.82, 2.24) is 0 Å². The second-order valence-electron chi connectivity index (χ2n) is 3.42. The molecule has 16 heavy (non-hydrogen) atoms. The lowest BCUT2D eigenvalue weighted by molar-refractivity contribution is 0.133. The first-order valence-corrected chi connectivity index (χ1v) is 6.05. The highest BCUT2D eigenvalue weighted by Gasteiger charge is 2.16. The first-order chi connectivity index (χ1) is 7.57. The molecule has 0 aliphatic heterocycles. The highest BCUT2D eigenvalue weighted by Crippen LogP contribution is 2.31. The van der Waals surface area contributed by atoms with E-state index in [1.54, 1.807) is 13.2 Å². The molecule has 2 nitrogen and oxygen atoms in total. The van der Waals surface area contributed by atoms with Crippen LogP contribution < -0.4 is 0 Å². The van der Waals surface area contributed by atoms with Crippen LogP contribution in [-0.4, -0.2) is 18.8 Å². The summed E-state index contributed by atoms with van der Waals surface area (Å²) in [4.78, 5) is 0. The second kappa shape index (κ2) is 6.55. The van der Waals surface area contributed by atoms with Crippen molar-refractivity contribution in [2.24, 2.45) is 0 Å². The van der Waals surface area contributed by atoms with Gasteiger partial charge < -0.3 is 9.84 Å². The normalized spacial score (nSPS) is 12.8. The van der Waals surface area contributed by atoms with Crippen LogP contribution in [0.1, 0.15) is 24.5 Å². The maximum atomic E-state index is 13.7. The zero-order valence-corrected chi connectivity index (χ0v) is 11.2. The molecule has 0 fully saturated rings. The molecule has 1 unspecified atom stereocenters. The molecule has 0 radical (unpaired) electrons. The third-order valence-electron chi connectivity index (χ3n) is 2.25. The Kier molecular flexibility index (Phi) is 5.69. The minimum atomic E-state index is -0.847. The fourth-order valence-electron chi connectivity index (χ4n) is 1.37. The van der Waals surface area contributed by atoms with Gasteiger partial charge in [0.15, 0.2) is 0 Å². The van der Waals surface area contributed by atoms with Crippen LogP contribution in [0.5, 0.6) is 0 Å². The summed E-state index contributed by atoms with van der Waals surface area (Å²) in [6.45, 7) is 0.545. The monoisotopic (exact) mass is 310 g/mol. The van der Waals surface area contributed by atoms with E-state index >= 15 is 0 Å². The third-order valence-corrected chi connectivity index (χ3v) is 3.51. The third kappa shape index (κ3) is 3.42. The summed E-state index contributed by atoms with van der Waals surface area (Å²) >= 11 is 8.85. The van der Waals surface area contributed by atoms with Crippen LogP contribution in [0.3, 0.4) is 0 Å². The Bertz CT molecular complexity index is 360. The van der Waals surface area contributed by atoms with Gasteiger partial charge in [0.05, 0.1) is 11.1 Å². The maximum absolute atomic E-state index is 13.7. The lowest BCUT2D eigenvalue weighted by atomic mass is 10.0. The van der Waals surface area contributed by atoms with Gasteiger partial charge in [0, 0.05) is 23.8 Å². The number of aliphatic hydroxyl groups is 1. The van der Waals surface area contributed by atoms with Crippen LogP contribution in [0.25, 0.3) is 0 Å². The standard InChI is InChI=1S/C11H13BrClFO2/c1-16-6-2-3-9(15)7-4-5-8(12)10(13)11(7)14/h4-5,9,15H,2-3,6H2,1H3. The van der Waals surface area contributed by atoms with Crippen molar-refractivity contribution in [2.75, 3.05) is 13.7 Å². The SMILES string of the molecule is COCCCC(O)c1ccc(Br)c(Cl)c1F. The molecule has 1 atom stereocenters. The van der Waals surface area contributed by atoms with Gasteiger partial charge in [0.25, 0.3) is 0 Å². The number of hydrogen-bond donors (Lipinski definition) is 1. The molecule has 1 N–H and O–H groups in total. The van der Waals surface area contributed by atoms with E-state index in [1.807, 2.05) is 0 Å². The van der Waals surface area contributed by atoms with E-state index in [0.717, 1.165) is 0 Å². The van der Waals surface area contributed by atoms with Crippen LogP contribution in [0.2, 0.25) is 5.02 Å². The van der Waals surface area contributed by atoms with Gasteiger partial charge in [-0.05, 0) is 34.8 Å². The molecule has 90 valence electrons. The maximum Gasteiger partial charge on any atom is 0.148 e. The Morgan fingerprint density at radius 2 is 2.25 bits per heavy atom. The Balaban J connectivity index is 2.76. The molecule has 0 spiro atoms. The van der Waals surface area contributed by atoms with Crippen LogP contribution in [0.15, 0.2) is 16.6 Å². The Labute approximate surface area is 108 Å². The Hall–Kier alpha value is -0.160. The van der Waals surface area contributed by atoms with Gasteiger partial charge in [-0.15, -0.1) is 0 Å². The predicted molar refractivity (Wildman–Crippen MR) is 65.2 cm³/mol. The zero-order valence-electron chi connectivity index (χ0n) is 8.84. The summed E-state index contributed by atoms with van der Waals surface area (Å²) in [5.74, 6) is -0.569. The first-order valence-electron chi connectivity index (χ1n) is 4.88. The number of methoxy groups -OCH3 is 1. The zero-order chi connectivity index (χ0) is 12.1. The summed E-state index contributed by atoms with van der Waals surface area (Å²) in [5.41, 5.74) is 0.226. The number of benzene rings is 1. The molecule has 0 saturated carbocycles. The van der Waals surface area contributed by atoms with E-state index < -0.39 is 11.9 Å². The first kappa shape index (κ1) is 13.9. The van der Waals surface area contributed by atoms with E-state index in [4.69, 9.17) is 16.3 Å². The minimum Gasteiger partial charge on any atom is -0.388 e. The van der Waals surface area contributed by atoms with Crippen molar-refractivity contribution in [2.45, 2.75) is 18.9 Å². The van der Waals surface area contributed by atoms with E-state index in [-0.39, 0.29) is 10.6 Å². The van der Waals surface area contributed by atoms with Gasteiger partial charge in [-0.3, -0.25) is 0 Å². The average Bonchev–Trinajstić information content (AvgIpc) is 2.26. The highest BCUT2D eigenvalue weighted by molar-refractivity contribution is 9.10. The average molecular weight is 312 g/mol. The summed E-state index contributed by atoms with van der Waals surface area (Å²) in [5, 5.41) is 9.78. The van der Waals surface area contributed by atoms with Crippen LogP contribution in [0.4, 0.5) is 4.39 Å². The number of halogens is 3. The molecule has 0 saturated heterocycles. The molecular formula is C11H13BrClFO2. The smallest absolute Gasteiger partial charge is 0.148 e. The summed E-state index contributed by atoms with van der Waals surface area (Å²) in [6, 6.07) is 3.16. The molecule has 0 aliphatic rings. The lowest BCUT2D eigenvalue weighted by Gasteiger charge is -2.13. The van der Waals surface area contributed by atoms with Gasteiger partial charge >= 0.3 is 0 Å². The van der Waals surface area contributed by atoms with Crippen molar-refractivity contribution >= 4 is 27.5 Å². The summed E-state index contributed by atoms with van der Waals surface area (Å²) in [7, 11) is 1.59. The lowest BCUT2D eigenvalue weighted by Crippen LogP contribution is -2.03. The molecule has 5 heteroatoms. The van der Waals surface area contributed by atoms with Gasteiger partial charge in [-0.2, -0.15) is 0 Å². The second-order valence-corrected chi connectivity index (χ2v) is 4.65. The molecule has 0 amide bonds. The largest absolute Gasteiger partial charge is 0.388 e. The number of rotatable bonds is 5. The van der Waals surface area contributed by atoms with Gasteiger partial charge in [0.2, 0.25) is 0 Å². The molecule has 0 heterocycles. The molecule has 0 bridgehead atoms. The van der Waals surface area contributed by atoms with Crippen LogP contribution >= 0.6 is 27.5 Å². The fraction of sp³-hybridized carbons (Fsp3) is 0.455. The van der Waals surface area contributed by atoms with Crippen molar-refractivity contribution in [3.8, 4) is 0 Å². The molecule has 1 aromatic carbocycles. The van der Waals surface area contributed by atoms with E-state index in [0.29, 0.717) is 23.9 Å². The van der Waals surface area contributed by atoms with Crippen LogP contribution in [0, 0.1) is 5.82 Å². The van der Waals surface area contributed by atoms with Crippen LogP contribution in [-0.2, 0) is 4.74 Å². The van der Waals surface area contributed by atoms with Gasteiger partial charge in [-0.1, -0.05) is 17.7 Å². The Morgan fingerprint density at radius 3 is 2.88 bits per heavy atom. The molecular weight excluding hydrogens is 298 g/mol. The van der Waals surface area contributed by atoms with E-state index in [9.17, 15) is 9.50 Å². The highest BCUT2D eigenvalue weighted by atomic mass is 79.9. The number of aliphatic hydroxyl groups excluding tert-OH is 1. The van der Waals surface area contributed by atoms with Crippen molar-refractivity contribution in [1.29, 1.82) is 0 Å². The molecule has 0 aromatic heterocycles. The number of ether oxygens (including phenoxy) is 1. The van der Waals surface area contributed by atoms with Gasteiger partial charge in [0.1, 0.15) is 5.82 Å². The number of hydrogen-bond acceptors (Lipinski definition) is 2. The molecule has 0 aliphatic carbocycles. The quantitative estimate of drug-likeness (QED) is 0.663. The van der Waals surface area contributed by atoms with Crippen molar-refractivity contribution in [3.05, 3.63) is 33.0 Å². The van der Waals surface area contributed by atoms with E-state index in [1.165, 1.54) is 6.07 Å². The summed E-state index contributed by atoms with van der Waals surface area (Å²) in [6.07, 6.45) is 0.272. The van der Waals surface area contributed by atoms with Crippen molar-refractivity contribution in [3.63, 3.8) is 0 Å². The van der Waals surface area contributed by atoms with Gasteiger partial charge in [-0.25, -0.2) is 4.39 Å². The minimum absolute atomic E-state index is 0.00305. The van der Waals surface area contributed by atoms with E-state index in [2.05, 4.69) is 15.9 Å². The molecule has 1 aromatic rings. The predicted octanol–water partition coefficient (Wildman–Crippen LogP) is 3.70. The Morgan fingerprint density at radius 1 is 1.56 bits per heavy atom. The molecule has 1 rings (SSSR count). The summed E-state index contributed by atoms with van der Waals surface area (Å²) < 4.78 is 19.0.